The first kappa shape index (κ1) is 17.8. The van der Waals surface area contributed by atoms with Crippen molar-refractivity contribution in [3.63, 3.8) is 0 Å². The zero-order valence-corrected chi connectivity index (χ0v) is 15.3. The van der Waals surface area contributed by atoms with Gasteiger partial charge in [0.15, 0.2) is 0 Å². The second-order valence-corrected chi connectivity index (χ2v) is 6.74. The van der Waals surface area contributed by atoms with Gasteiger partial charge in [-0.25, -0.2) is 9.97 Å². The van der Waals surface area contributed by atoms with Gasteiger partial charge in [0.1, 0.15) is 34.4 Å². The Morgan fingerprint density at radius 1 is 1.23 bits per heavy atom. The second-order valence-electron chi connectivity index (χ2n) is 5.37. The first-order chi connectivity index (χ1) is 12.6. The molecule has 0 amide bonds. The van der Waals surface area contributed by atoms with Crippen molar-refractivity contribution in [2.45, 2.75) is 10.8 Å². The van der Waals surface area contributed by atoms with E-state index in [1.807, 2.05) is 23.9 Å². The van der Waals surface area contributed by atoms with Crippen LogP contribution in [-0.2, 0) is 12.8 Å². The van der Waals surface area contributed by atoms with E-state index in [9.17, 15) is 10.5 Å². The molecule has 0 spiro atoms. The molecule has 3 aromatic rings. The average Bonchev–Trinajstić information content (AvgIpc) is 3.04. The van der Waals surface area contributed by atoms with Crippen LogP contribution < -0.4 is 5.73 Å². The van der Waals surface area contributed by atoms with Crippen LogP contribution in [0.1, 0.15) is 17.0 Å². The molecule has 3 rings (SSSR count). The minimum Gasteiger partial charge on any atom is -0.383 e. The molecular weight excluding hydrogens is 368 g/mol. The Bertz CT molecular complexity index is 1060. The van der Waals surface area contributed by atoms with E-state index in [4.69, 9.17) is 17.3 Å². The largest absolute Gasteiger partial charge is 0.383 e. The van der Waals surface area contributed by atoms with Gasteiger partial charge < -0.3 is 10.3 Å². The summed E-state index contributed by atoms with van der Waals surface area (Å²) >= 11 is 7.64. The van der Waals surface area contributed by atoms with Gasteiger partial charge in [-0.1, -0.05) is 41.6 Å². The number of benzene rings is 1. The molecular formula is C18H13ClN6S. The molecule has 0 aliphatic heterocycles. The number of aryl methyl sites for hydroxylation is 1. The summed E-state index contributed by atoms with van der Waals surface area (Å²) in [5.41, 5.74) is 7.42. The van der Waals surface area contributed by atoms with E-state index in [1.165, 1.54) is 11.8 Å². The molecule has 0 aliphatic carbocycles. The molecule has 128 valence electrons. The number of halogens is 1. The Kier molecular flexibility index (Phi) is 5.13. The lowest BCUT2D eigenvalue weighted by molar-refractivity contribution is 0.848. The lowest BCUT2D eigenvalue weighted by atomic mass is 9.97. The number of thioether (sulfide) groups is 1. The quantitative estimate of drug-likeness (QED) is 0.691. The lowest BCUT2D eigenvalue weighted by Gasteiger charge is -2.14. The van der Waals surface area contributed by atoms with E-state index >= 15 is 0 Å². The van der Waals surface area contributed by atoms with E-state index < -0.39 is 0 Å². The van der Waals surface area contributed by atoms with Crippen molar-refractivity contribution in [1.82, 2.24) is 14.5 Å². The SMILES string of the molecule is Cn1ccnc1CSc1nc(N)c(C#N)c(-c2ccccc2Cl)c1C#N. The number of nitrogen functional groups attached to an aromatic ring is 1. The molecule has 26 heavy (non-hydrogen) atoms. The topological polar surface area (TPSA) is 104 Å². The maximum Gasteiger partial charge on any atom is 0.143 e. The molecule has 6 nitrogen and oxygen atoms in total. The van der Waals surface area contributed by atoms with E-state index in [-0.39, 0.29) is 16.9 Å². The lowest BCUT2D eigenvalue weighted by Crippen LogP contribution is -2.04. The third kappa shape index (κ3) is 3.23. The Morgan fingerprint density at radius 3 is 2.58 bits per heavy atom. The Labute approximate surface area is 159 Å². The molecule has 0 unspecified atom stereocenters. The smallest absolute Gasteiger partial charge is 0.143 e. The molecule has 2 heterocycles. The first-order valence-corrected chi connectivity index (χ1v) is 8.90. The van der Waals surface area contributed by atoms with Crippen LogP contribution >= 0.6 is 23.4 Å². The number of nitriles is 2. The standard InChI is InChI=1S/C18H13ClN6S/c1-25-7-6-23-15(25)10-26-18-13(9-21)16(12(8-20)17(22)24-18)11-4-2-3-5-14(11)19/h2-7H,10H2,1H3,(H2,22,24). The molecule has 2 N–H and O–H groups in total. The fraction of sp³-hybridized carbons (Fsp3) is 0.111. The summed E-state index contributed by atoms with van der Waals surface area (Å²) in [6, 6.07) is 11.2. The summed E-state index contributed by atoms with van der Waals surface area (Å²) in [5.74, 6) is 1.42. The maximum absolute atomic E-state index is 9.76. The van der Waals surface area contributed by atoms with Crippen LogP contribution in [0.25, 0.3) is 11.1 Å². The van der Waals surface area contributed by atoms with Gasteiger partial charge in [-0.3, -0.25) is 0 Å². The van der Waals surface area contributed by atoms with Gasteiger partial charge in [0.25, 0.3) is 0 Å². The summed E-state index contributed by atoms with van der Waals surface area (Å²) in [6.07, 6.45) is 3.55. The molecule has 0 atom stereocenters. The number of rotatable bonds is 4. The number of anilines is 1. The molecule has 0 bridgehead atoms. The van der Waals surface area contributed by atoms with E-state index in [0.29, 0.717) is 26.9 Å². The van der Waals surface area contributed by atoms with E-state index in [0.717, 1.165) is 5.82 Å². The molecule has 2 aromatic heterocycles. The van der Waals surface area contributed by atoms with Crippen molar-refractivity contribution in [3.8, 4) is 23.3 Å². The predicted molar refractivity (Wildman–Crippen MR) is 101 cm³/mol. The van der Waals surface area contributed by atoms with Crippen LogP contribution in [0.5, 0.6) is 0 Å². The van der Waals surface area contributed by atoms with Crippen molar-refractivity contribution in [3.05, 3.63) is 58.6 Å². The third-order valence-electron chi connectivity index (χ3n) is 3.82. The molecule has 0 saturated carbocycles. The fourth-order valence-electron chi connectivity index (χ4n) is 2.50. The van der Waals surface area contributed by atoms with Gasteiger partial charge in [-0.2, -0.15) is 10.5 Å². The van der Waals surface area contributed by atoms with Gasteiger partial charge >= 0.3 is 0 Å². The van der Waals surface area contributed by atoms with Gasteiger partial charge in [-0.15, -0.1) is 0 Å². The summed E-state index contributed by atoms with van der Waals surface area (Å²) in [7, 11) is 1.89. The van der Waals surface area contributed by atoms with Crippen molar-refractivity contribution in [2.75, 3.05) is 5.73 Å². The van der Waals surface area contributed by atoms with Gasteiger partial charge in [0.05, 0.1) is 11.3 Å². The van der Waals surface area contributed by atoms with Crippen LogP contribution in [0.2, 0.25) is 5.02 Å². The maximum atomic E-state index is 9.76. The number of aromatic nitrogens is 3. The van der Waals surface area contributed by atoms with Gasteiger partial charge in [0, 0.05) is 35.6 Å². The zero-order chi connectivity index (χ0) is 18.7. The normalized spacial score (nSPS) is 10.3. The number of nitrogens with zero attached hydrogens (tertiary/aromatic N) is 5. The number of hydrogen-bond acceptors (Lipinski definition) is 6. The minimum atomic E-state index is 0.0729. The predicted octanol–water partition coefficient (Wildman–Crippen LogP) is 3.75. The van der Waals surface area contributed by atoms with E-state index in [2.05, 4.69) is 16.0 Å². The number of hydrogen-bond donors (Lipinski definition) is 1. The second kappa shape index (κ2) is 7.49. The number of nitrogens with two attached hydrogens (primary N) is 1. The fourth-order valence-corrected chi connectivity index (χ4v) is 3.73. The summed E-state index contributed by atoms with van der Waals surface area (Å²) in [5, 5.41) is 20.2. The van der Waals surface area contributed by atoms with Crippen LogP contribution in [0, 0.1) is 22.7 Å². The highest BCUT2D eigenvalue weighted by molar-refractivity contribution is 7.98. The van der Waals surface area contributed by atoms with Crippen molar-refractivity contribution < 1.29 is 0 Å². The summed E-state index contributed by atoms with van der Waals surface area (Å²) < 4.78 is 1.89. The summed E-state index contributed by atoms with van der Waals surface area (Å²) in [6.45, 7) is 0. The molecule has 1 aromatic carbocycles. The first-order valence-electron chi connectivity index (χ1n) is 7.54. The summed E-state index contributed by atoms with van der Waals surface area (Å²) in [4.78, 5) is 8.54. The molecule has 8 heteroatoms. The Balaban J connectivity index is 2.16. The highest BCUT2D eigenvalue weighted by atomic mass is 35.5. The Hall–Kier alpha value is -3.00. The Morgan fingerprint density at radius 2 is 1.96 bits per heavy atom. The molecule has 0 fully saturated rings. The third-order valence-corrected chi connectivity index (χ3v) is 5.12. The number of imidazole rings is 1. The van der Waals surface area contributed by atoms with Gasteiger partial charge in [0.2, 0.25) is 0 Å². The molecule has 0 radical (unpaired) electrons. The number of pyridine rings is 1. The van der Waals surface area contributed by atoms with Crippen LogP contribution in [0.15, 0.2) is 41.7 Å². The van der Waals surface area contributed by atoms with Crippen molar-refractivity contribution in [1.29, 1.82) is 10.5 Å². The zero-order valence-electron chi connectivity index (χ0n) is 13.8. The highest BCUT2D eigenvalue weighted by Gasteiger charge is 2.22. The molecule has 0 aliphatic rings. The van der Waals surface area contributed by atoms with E-state index in [1.54, 1.807) is 30.5 Å². The minimum absolute atomic E-state index is 0.0729. The van der Waals surface area contributed by atoms with Crippen molar-refractivity contribution in [2.24, 2.45) is 7.05 Å². The van der Waals surface area contributed by atoms with Crippen LogP contribution in [-0.4, -0.2) is 14.5 Å². The molecule has 0 saturated heterocycles. The highest BCUT2D eigenvalue weighted by Crippen LogP contribution is 2.39. The van der Waals surface area contributed by atoms with Crippen molar-refractivity contribution >= 4 is 29.2 Å². The average molecular weight is 381 g/mol. The van der Waals surface area contributed by atoms with Crippen LogP contribution in [0.4, 0.5) is 5.82 Å². The van der Waals surface area contributed by atoms with Crippen LogP contribution in [0.3, 0.4) is 0 Å². The van der Waals surface area contributed by atoms with Gasteiger partial charge in [-0.05, 0) is 6.07 Å². The monoisotopic (exact) mass is 380 g/mol.